The van der Waals surface area contributed by atoms with Crippen LogP contribution in [0.25, 0.3) is 0 Å². The molecule has 25 heavy (non-hydrogen) atoms. The van der Waals surface area contributed by atoms with Gasteiger partial charge in [-0.2, -0.15) is 0 Å². The van der Waals surface area contributed by atoms with Crippen molar-refractivity contribution < 1.29 is 9.64 Å². The second-order valence-electron chi connectivity index (χ2n) is 6.23. The number of nitrogens with one attached hydrogen (secondary N) is 3. The lowest BCUT2D eigenvalue weighted by molar-refractivity contribution is -0.918. The molecule has 6 heteroatoms. The first-order valence-corrected chi connectivity index (χ1v) is 10.2. The van der Waals surface area contributed by atoms with Gasteiger partial charge in [0.05, 0.1) is 31.1 Å². The Morgan fingerprint density at radius 3 is 2.64 bits per heavy atom. The van der Waals surface area contributed by atoms with Crippen LogP contribution in [0.1, 0.15) is 30.7 Å². The first-order valence-electron chi connectivity index (χ1n) is 8.92. The van der Waals surface area contributed by atoms with E-state index in [4.69, 9.17) is 17.0 Å². The highest BCUT2D eigenvalue weighted by Crippen LogP contribution is 2.18. The Hall–Kier alpha value is -1.63. The zero-order valence-corrected chi connectivity index (χ0v) is 16.2. The topological polar surface area (TPSA) is 37.7 Å². The number of thiophene rings is 1. The molecule has 0 aliphatic carbocycles. The van der Waals surface area contributed by atoms with Gasteiger partial charge in [0.2, 0.25) is 0 Å². The molecule has 1 saturated heterocycles. The van der Waals surface area contributed by atoms with E-state index in [9.17, 15) is 0 Å². The number of quaternary nitrogens is 1. The third kappa shape index (κ3) is 5.17. The fraction of sp³-hybridized carbons (Fsp3) is 0.421. The Morgan fingerprint density at radius 2 is 2.00 bits per heavy atom. The summed E-state index contributed by atoms with van der Waals surface area (Å²) in [5.41, 5.74) is 0.974. The fourth-order valence-corrected chi connectivity index (χ4v) is 4.37. The monoisotopic (exact) mass is 376 g/mol. The van der Waals surface area contributed by atoms with Crippen LogP contribution in [0.3, 0.4) is 0 Å². The van der Waals surface area contributed by atoms with Gasteiger partial charge < -0.3 is 20.3 Å². The number of benzene rings is 1. The number of rotatable bonds is 7. The van der Waals surface area contributed by atoms with E-state index in [2.05, 4.69) is 28.1 Å². The number of ether oxygens (including phenoxy) is 1. The molecule has 0 saturated carbocycles. The Morgan fingerprint density at radius 1 is 1.24 bits per heavy atom. The fourth-order valence-electron chi connectivity index (χ4n) is 3.28. The van der Waals surface area contributed by atoms with Crippen molar-refractivity contribution in [3.8, 4) is 5.75 Å². The number of hydrogen-bond acceptors (Lipinski definition) is 3. The third-order valence-corrected chi connectivity index (χ3v) is 5.75. The molecular weight excluding hydrogens is 350 g/mol. The van der Waals surface area contributed by atoms with Crippen LogP contribution < -0.4 is 20.3 Å². The summed E-state index contributed by atoms with van der Waals surface area (Å²) in [5, 5.41) is 9.50. The molecule has 1 aromatic heterocycles. The third-order valence-electron chi connectivity index (χ3n) is 4.52. The predicted octanol–water partition coefficient (Wildman–Crippen LogP) is 2.85. The predicted molar refractivity (Wildman–Crippen MR) is 109 cm³/mol. The van der Waals surface area contributed by atoms with Gasteiger partial charge >= 0.3 is 0 Å². The Balaban J connectivity index is 1.54. The number of thiocarbonyl (C=S) groups is 1. The molecule has 1 fully saturated rings. The van der Waals surface area contributed by atoms with Gasteiger partial charge in [0.15, 0.2) is 5.11 Å². The van der Waals surface area contributed by atoms with E-state index in [1.807, 2.05) is 42.5 Å². The van der Waals surface area contributed by atoms with Crippen LogP contribution in [0.2, 0.25) is 0 Å². The van der Waals surface area contributed by atoms with Crippen LogP contribution in [0, 0.1) is 0 Å². The average Bonchev–Trinajstić information content (AvgIpc) is 3.31. The highest BCUT2D eigenvalue weighted by atomic mass is 32.1. The summed E-state index contributed by atoms with van der Waals surface area (Å²) in [6.07, 6.45) is 2.65. The van der Waals surface area contributed by atoms with E-state index in [1.54, 1.807) is 4.90 Å². The minimum absolute atomic E-state index is 0.475. The zero-order valence-electron chi connectivity index (χ0n) is 14.6. The van der Waals surface area contributed by atoms with Crippen molar-refractivity contribution in [2.24, 2.45) is 0 Å². The second-order valence-corrected chi connectivity index (χ2v) is 7.61. The number of hydrogen-bond donors (Lipinski definition) is 3. The van der Waals surface area contributed by atoms with Crippen LogP contribution in [0.5, 0.6) is 5.75 Å². The normalized spacial score (nSPS) is 15.7. The van der Waals surface area contributed by atoms with Crippen molar-refractivity contribution in [1.82, 2.24) is 5.32 Å². The summed E-state index contributed by atoms with van der Waals surface area (Å²) in [4.78, 5) is 3.10. The molecule has 1 aliphatic heterocycles. The highest BCUT2D eigenvalue weighted by molar-refractivity contribution is 7.80. The highest BCUT2D eigenvalue weighted by Gasteiger charge is 2.28. The molecule has 0 radical (unpaired) electrons. The van der Waals surface area contributed by atoms with E-state index < -0.39 is 0 Å². The van der Waals surface area contributed by atoms with Gasteiger partial charge in [-0.3, -0.25) is 0 Å². The molecule has 0 amide bonds. The summed E-state index contributed by atoms with van der Waals surface area (Å²) in [6.45, 7) is 6.03. The molecule has 1 aromatic carbocycles. The van der Waals surface area contributed by atoms with E-state index in [0.717, 1.165) is 18.0 Å². The van der Waals surface area contributed by atoms with Gasteiger partial charge in [-0.25, -0.2) is 0 Å². The van der Waals surface area contributed by atoms with Crippen molar-refractivity contribution in [3.63, 3.8) is 0 Å². The van der Waals surface area contributed by atoms with Crippen LogP contribution in [-0.2, 0) is 0 Å². The van der Waals surface area contributed by atoms with Gasteiger partial charge in [-0.15, -0.1) is 11.3 Å². The molecule has 4 nitrogen and oxygen atoms in total. The maximum absolute atomic E-state index is 5.48. The first kappa shape index (κ1) is 18.2. The zero-order chi connectivity index (χ0) is 17.5. The lowest BCUT2D eigenvalue weighted by Crippen LogP contribution is -3.11. The molecule has 3 rings (SSSR count). The molecular formula is C19H26N3OS2+. The van der Waals surface area contributed by atoms with Gasteiger partial charge in [0.25, 0.3) is 0 Å². The van der Waals surface area contributed by atoms with Gasteiger partial charge in [0, 0.05) is 18.5 Å². The van der Waals surface area contributed by atoms with Crippen LogP contribution in [0.15, 0.2) is 41.8 Å². The Bertz CT molecular complexity index is 652. The molecule has 0 spiro atoms. The minimum Gasteiger partial charge on any atom is -0.494 e. The van der Waals surface area contributed by atoms with Gasteiger partial charge in [0.1, 0.15) is 11.8 Å². The molecule has 2 aromatic rings. The van der Waals surface area contributed by atoms with Crippen LogP contribution in [0.4, 0.5) is 5.69 Å². The summed E-state index contributed by atoms with van der Waals surface area (Å²) < 4.78 is 5.47. The van der Waals surface area contributed by atoms with Gasteiger partial charge in [-0.1, -0.05) is 6.07 Å². The smallest absolute Gasteiger partial charge is 0.171 e. The van der Waals surface area contributed by atoms with Crippen molar-refractivity contribution in [2.45, 2.75) is 25.8 Å². The van der Waals surface area contributed by atoms with Crippen molar-refractivity contribution in [1.29, 1.82) is 0 Å². The van der Waals surface area contributed by atoms with E-state index in [-0.39, 0.29) is 0 Å². The molecule has 1 atom stereocenters. The Labute approximate surface area is 159 Å². The molecule has 0 unspecified atom stereocenters. The molecule has 1 aliphatic rings. The standard InChI is InChI=1S/C19H25N3OS2/c1-2-23-16-9-7-15(8-10-16)21-19(24)20-14-17(18-6-5-13-25-18)22-11-3-4-12-22/h5-10,13,17H,2-4,11-12,14H2,1H3,(H2,20,21,24)/p+1/t17-/m1/s1. The quantitative estimate of drug-likeness (QED) is 0.650. The van der Waals surface area contributed by atoms with Gasteiger partial charge in [-0.05, 0) is 54.9 Å². The summed E-state index contributed by atoms with van der Waals surface area (Å²) >= 11 is 7.32. The maximum Gasteiger partial charge on any atom is 0.171 e. The van der Waals surface area contributed by atoms with Crippen LogP contribution in [-0.4, -0.2) is 31.4 Å². The van der Waals surface area contributed by atoms with E-state index >= 15 is 0 Å². The minimum atomic E-state index is 0.475. The molecule has 2 heterocycles. The summed E-state index contributed by atoms with van der Waals surface area (Å²) in [6, 6.07) is 12.7. The second kappa shape index (κ2) is 9.17. The first-order chi connectivity index (χ1) is 12.3. The molecule has 0 bridgehead atoms. The Kier molecular flexibility index (Phi) is 6.67. The van der Waals surface area contributed by atoms with Crippen molar-refractivity contribution >= 4 is 34.4 Å². The molecule has 3 N–H and O–H groups in total. The van der Waals surface area contributed by atoms with Crippen LogP contribution >= 0.6 is 23.6 Å². The largest absolute Gasteiger partial charge is 0.494 e. The van der Waals surface area contributed by atoms with E-state index in [0.29, 0.717) is 17.8 Å². The summed E-state index contributed by atoms with van der Waals surface area (Å²) in [5.74, 6) is 0.877. The SMILES string of the molecule is CCOc1ccc(NC(=S)NC[C@H](c2cccs2)[NH+]2CCCC2)cc1. The van der Waals surface area contributed by atoms with Crippen molar-refractivity contribution in [2.75, 3.05) is 31.6 Å². The summed E-state index contributed by atoms with van der Waals surface area (Å²) in [7, 11) is 0. The lowest BCUT2D eigenvalue weighted by Gasteiger charge is -2.24. The van der Waals surface area contributed by atoms with E-state index in [1.165, 1.54) is 30.8 Å². The van der Waals surface area contributed by atoms with Crippen molar-refractivity contribution in [3.05, 3.63) is 46.7 Å². The average molecular weight is 377 g/mol. The number of likely N-dealkylation sites (tertiary alicyclic amines) is 1. The number of anilines is 1. The lowest BCUT2D eigenvalue weighted by atomic mass is 10.2. The molecule has 134 valence electrons. The maximum atomic E-state index is 5.48.